The summed E-state index contributed by atoms with van der Waals surface area (Å²) < 4.78 is 17.4. The molecule has 2 aromatic carbocycles. The van der Waals surface area contributed by atoms with Crippen molar-refractivity contribution in [1.82, 2.24) is 4.98 Å². The number of hydrogen-bond donors (Lipinski definition) is 1. The third-order valence-electron chi connectivity index (χ3n) is 5.36. The lowest BCUT2D eigenvalue weighted by atomic mass is 10.0. The summed E-state index contributed by atoms with van der Waals surface area (Å²) in [6, 6.07) is 13.7. The maximum atomic E-state index is 11.5. The van der Waals surface area contributed by atoms with Gasteiger partial charge in [0.25, 0.3) is 0 Å². The van der Waals surface area contributed by atoms with Gasteiger partial charge in [0.15, 0.2) is 6.10 Å². The highest BCUT2D eigenvalue weighted by atomic mass is 16.5. The molecule has 0 amide bonds. The summed E-state index contributed by atoms with van der Waals surface area (Å²) in [5.41, 5.74) is 4.65. The van der Waals surface area contributed by atoms with Gasteiger partial charge in [0, 0.05) is 18.4 Å². The van der Waals surface area contributed by atoms with Crippen molar-refractivity contribution in [2.24, 2.45) is 0 Å². The van der Waals surface area contributed by atoms with E-state index in [1.165, 1.54) is 0 Å². The summed E-state index contributed by atoms with van der Waals surface area (Å²) >= 11 is 0. The second-order valence-corrected chi connectivity index (χ2v) is 8.02. The number of ether oxygens (including phenoxy) is 2. The van der Waals surface area contributed by atoms with Crippen molar-refractivity contribution < 1.29 is 23.8 Å². The molecule has 0 bridgehead atoms. The number of carboxylic acid groups (broad SMARTS) is 1. The average molecular weight is 450 g/mol. The first kappa shape index (κ1) is 24.3. The standard InChI is InChI=1S/C27H31NO5/c1-5-6-13-31-24(27(29)30)17-21-15-18(2)25(19(3)16-21)32-14-12-23-20(4)33-26(28-23)22-10-8-7-9-11-22/h5,7-11,15-16,24H,1,6,12-14,17H2,2-4H3,(H,29,30). The number of nitrogens with zero attached hydrogens (tertiary/aromatic N) is 1. The summed E-state index contributed by atoms with van der Waals surface area (Å²) in [6.45, 7) is 10.3. The summed E-state index contributed by atoms with van der Waals surface area (Å²) in [5.74, 6) is 1.25. The van der Waals surface area contributed by atoms with Gasteiger partial charge in [0.1, 0.15) is 11.5 Å². The minimum Gasteiger partial charge on any atom is -0.493 e. The number of rotatable bonds is 12. The Bertz CT molecular complexity index is 1060. The fourth-order valence-electron chi connectivity index (χ4n) is 3.72. The highest BCUT2D eigenvalue weighted by Crippen LogP contribution is 2.27. The van der Waals surface area contributed by atoms with Crippen LogP contribution in [-0.4, -0.2) is 35.4 Å². The van der Waals surface area contributed by atoms with Crippen LogP contribution in [0, 0.1) is 20.8 Å². The van der Waals surface area contributed by atoms with E-state index in [0.717, 1.165) is 39.5 Å². The Morgan fingerprint density at radius 2 is 1.85 bits per heavy atom. The molecule has 0 saturated carbocycles. The molecule has 0 aliphatic rings. The molecule has 0 spiro atoms. The first-order valence-electron chi connectivity index (χ1n) is 11.1. The van der Waals surface area contributed by atoms with Gasteiger partial charge in [-0.1, -0.05) is 36.4 Å². The van der Waals surface area contributed by atoms with Gasteiger partial charge in [0.05, 0.1) is 18.9 Å². The Morgan fingerprint density at radius 3 is 2.48 bits per heavy atom. The molecule has 3 aromatic rings. The van der Waals surface area contributed by atoms with Crippen molar-refractivity contribution >= 4 is 5.97 Å². The van der Waals surface area contributed by atoms with Crippen molar-refractivity contribution in [2.75, 3.05) is 13.2 Å². The molecule has 1 heterocycles. The van der Waals surface area contributed by atoms with E-state index in [1.54, 1.807) is 6.08 Å². The van der Waals surface area contributed by atoms with E-state index in [9.17, 15) is 9.90 Å². The van der Waals surface area contributed by atoms with Gasteiger partial charge in [-0.15, -0.1) is 6.58 Å². The third kappa shape index (κ3) is 6.56. The van der Waals surface area contributed by atoms with Crippen LogP contribution in [0.5, 0.6) is 5.75 Å². The zero-order chi connectivity index (χ0) is 23.8. The normalized spacial score (nSPS) is 11.8. The quantitative estimate of drug-likeness (QED) is 0.291. The van der Waals surface area contributed by atoms with Crippen LogP contribution in [-0.2, 0) is 22.4 Å². The van der Waals surface area contributed by atoms with Gasteiger partial charge in [-0.3, -0.25) is 0 Å². The van der Waals surface area contributed by atoms with Crippen LogP contribution in [0.3, 0.4) is 0 Å². The van der Waals surface area contributed by atoms with E-state index in [-0.39, 0.29) is 0 Å². The zero-order valence-corrected chi connectivity index (χ0v) is 19.5. The van der Waals surface area contributed by atoms with Crippen molar-refractivity contribution in [2.45, 2.75) is 46.1 Å². The predicted molar refractivity (Wildman–Crippen MR) is 128 cm³/mol. The predicted octanol–water partition coefficient (Wildman–Crippen LogP) is 5.48. The molecule has 1 N–H and O–H groups in total. The molecule has 6 nitrogen and oxygen atoms in total. The van der Waals surface area contributed by atoms with Gasteiger partial charge in [-0.25, -0.2) is 9.78 Å². The molecule has 0 aliphatic carbocycles. The SMILES string of the molecule is C=CCCOC(Cc1cc(C)c(OCCc2nc(-c3ccccc3)oc2C)c(C)c1)C(=O)O. The minimum atomic E-state index is -0.965. The number of aromatic nitrogens is 1. The van der Waals surface area contributed by atoms with Crippen LogP contribution in [0.2, 0.25) is 0 Å². The number of oxazole rings is 1. The van der Waals surface area contributed by atoms with E-state index in [2.05, 4.69) is 11.6 Å². The molecule has 1 unspecified atom stereocenters. The van der Waals surface area contributed by atoms with E-state index in [4.69, 9.17) is 13.9 Å². The Kier molecular flexibility index (Phi) is 8.44. The van der Waals surface area contributed by atoms with Crippen LogP contribution >= 0.6 is 0 Å². The second-order valence-electron chi connectivity index (χ2n) is 8.02. The second kappa shape index (κ2) is 11.5. The molecule has 0 fully saturated rings. The van der Waals surface area contributed by atoms with Crippen LogP contribution in [0.25, 0.3) is 11.5 Å². The van der Waals surface area contributed by atoms with Crippen LogP contribution < -0.4 is 4.74 Å². The molecule has 33 heavy (non-hydrogen) atoms. The highest BCUT2D eigenvalue weighted by molar-refractivity contribution is 5.72. The van der Waals surface area contributed by atoms with Gasteiger partial charge >= 0.3 is 5.97 Å². The van der Waals surface area contributed by atoms with Crippen LogP contribution in [0.4, 0.5) is 0 Å². The molecule has 0 saturated heterocycles. The zero-order valence-electron chi connectivity index (χ0n) is 19.5. The lowest BCUT2D eigenvalue weighted by Gasteiger charge is -2.17. The first-order valence-corrected chi connectivity index (χ1v) is 11.1. The Hall–Kier alpha value is -3.38. The summed E-state index contributed by atoms with van der Waals surface area (Å²) in [5, 5.41) is 9.46. The van der Waals surface area contributed by atoms with E-state index in [1.807, 2.05) is 63.2 Å². The smallest absolute Gasteiger partial charge is 0.333 e. The minimum absolute atomic E-state index is 0.300. The van der Waals surface area contributed by atoms with Crippen molar-refractivity contribution in [3.63, 3.8) is 0 Å². The van der Waals surface area contributed by atoms with Crippen LogP contribution in [0.1, 0.15) is 34.6 Å². The third-order valence-corrected chi connectivity index (χ3v) is 5.36. The van der Waals surface area contributed by atoms with Crippen molar-refractivity contribution in [3.8, 4) is 17.2 Å². The molecule has 174 valence electrons. The molecular formula is C27H31NO5. The first-order chi connectivity index (χ1) is 15.9. The Balaban J connectivity index is 1.62. The molecule has 1 aromatic heterocycles. The number of hydrogen-bond acceptors (Lipinski definition) is 5. The monoisotopic (exact) mass is 449 g/mol. The highest BCUT2D eigenvalue weighted by Gasteiger charge is 2.20. The molecular weight excluding hydrogens is 418 g/mol. The summed E-state index contributed by atoms with van der Waals surface area (Å²) in [4.78, 5) is 16.2. The lowest BCUT2D eigenvalue weighted by molar-refractivity contribution is -0.150. The summed E-state index contributed by atoms with van der Waals surface area (Å²) in [7, 11) is 0. The van der Waals surface area contributed by atoms with Crippen molar-refractivity contribution in [1.29, 1.82) is 0 Å². The van der Waals surface area contributed by atoms with E-state index < -0.39 is 12.1 Å². The lowest BCUT2D eigenvalue weighted by Crippen LogP contribution is -2.27. The van der Waals surface area contributed by atoms with Crippen molar-refractivity contribution in [3.05, 3.63) is 83.3 Å². The molecule has 0 aliphatic heterocycles. The number of carbonyl (C=O) groups is 1. The maximum absolute atomic E-state index is 11.5. The van der Waals surface area contributed by atoms with Gasteiger partial charge in [0.2, 0.25) is 5.89 Å². The van der Waals surface area contributed by atoms with Gasteiger partial charge < -0.3 is 19.0 Å². The van der Waals surface area contributed by atoms with Gasteiger partial charge in [-0.05, 0) is 56.0 Å². The van der Waals surface area contributed by atoms with E-state index in [0.29, 0.717) is 38.4 Å². The number of carboxylic acids is 1. The topological polar surface area (TPSA) is 81.8 Å². The average Bonchev–Trinajstić information content (AvgIpc) is 3.16. The molecule has 6 heteroatoms. The fourth-order valence-corrected chi connectivity index (χ4v) is 3.72. The molecule has 1 atom stereocenters. The number of aliphatic carboxylic acids is 1. The number of benzene rings is 2. The fraction of sp³-hybridized carbons (Fsp3) is 0.333. The Labute approximate surface area is 194 Å². The maximum Gasteiger partial charge on any atom is 0.333 e. The number of aryl methyl sites for hydroxylation is 3. The molecule has 0 radical (unpaired) electrons. The molecule has 3 rings (SSSR count). The Morgan fingerprint density at radius 1 is 1.15 bits per heavy atom. The summed E-state index contributed by atoms with van der Waals surface area (Å²) in [6.07, 6.45) is 2.37. The largest absolute Gasteiger partial charge is 0.493 e. The van der Waals surface area contributed by atoms with Gasteiger partial charge in [-0.2, -0.15) is 0 Å². The van der Waals surface area contributed by atoms with Crippen LogP contribution in [0.15, 0.2) is 59.5 Å². The van der Waals surface area contributed by atoms with E-state index >= 15 is 0 Å².